The molecule has 1 amide bonds. The van der Waals surface area contributed by atoms with Crippen LogP contribution in [0.1, 0.15) is 20.8 Å². The minimum absolute atomic E-state index is 0. The van der Waals surface area contributed by atoms with Crippen molar-refractivity contribution < 1.29 is 4.79 Å². The zero-order valence-electron chi connectivity index (χ0n) is 16.3. The lowest BCUT2D eigenvalue weighted by atomic mass is 10.1. The summed E-state index contributed by atoms with van der Waals surface area (Å²) in [7, 11) is 3.50. The maximum absolute atomic E-state index is 11.8. The number of aryl methyl sites for hydroxylation is 1. The molecule has 27 heavy (non-hydrogen) atoms. The van der Waals surface area contributed by atoms with Crippen LogP contribution in [-0.2, 0) is 11.8 Å². The molecular formula is C16H28IN9O. The van der Waals surface area contributed by atoms with Crippen LogP contribution in [0.15, 0.2) is 17.5 Å². The second-order valence-electron chi connectivity index (χ2n) is 6.81. The summed E-state index contributed by atoms with van der Waals surface area (Å²) in [6.45, 7) is 7.21. The van der Waals surface area contributed by atoms with Gasteiger partial charge in [0.1, 0.15) is 12.1 Å². The molecule has 10 nitrogen and oxygen atoms in total. The lowest BCUT2D eigenvalue weighted by molar-refractivity contribution is -0.121. The molecule has 4 N–H and O–H groups in total. The first-order valence-electron chi connectivity index (χ1n) is 8.42. The average molecular weight is 489 g/mol. The molecule has 11 heteroatoms. The monoisotopic (exact) mass is 489 g/mol. The SMILES string of the molecule is CN=C(NCCNc1ncnc2c1cnn2C)NCC(=O)NC(C)(C)C.I. The van der Waals surface area contributed by atoms with Crippen LogP contribution in [0, 0.1) is 0 Å². The van der Waals surface area contributed by atoms with Gasteiger partial charge in [0.2, 0.25) is 5.91 Å². The van der Waals surface area contributed by atoms with E-state index in [4.69, 9.17) is 0 Å². The smallest absolute Gasteiger partial charge is 0.239 e. The fourth-order valence-corrected chi connectivity index (χ4v) is 2.31. The summed E-state index contributed by atoms with van der Waals surface area (Å²) in [5, 5.41) is 17.3. The molecule has 150 valence electrons. The van der Waals surface area contributed by atoms with Crippen molar-refractivity contribution in [2.75, 3.05) is 32.0 Å². The summed E-state index contributed by atoms with van der Waals surface area (Å²) < 4.78 is 1.70. The molecule has 2 heterocycles. The van der Waals surface area contributed by atoms with Crippen molar-refractivity contribution in [3.63, 3.8) is 0 Å². The van der Waals surface area contributed by atoms with Gasteiger partial charge in [0, 0.05) is 32.7 Å². The van der Waals surface area contributed by atoms with Gasteiger partial charge in [-0.25, -0.2) is 9.97 Å². The Morgan fingerprint density at radius 2 is 1.96 bits per heavy atom. The van der Waals surface area contributed by atoms with Gasteiger partial charge in [0.15, 0.2) is 11.6 Å². The fourth-order valence-electron chi connectivity index (χ4n) is 2.31. The molecule has 0 aliphatic rings. The Morgan fingerprint density at radius 3 is 2.63 bits per heavy atom. The molecule has 0 aliphatic carbocycles. The minimum atomic E-state index is -0.255. The number of halogens is 1. The molecule has 2 aromatic rings. The third kappa shape index (κ3) is 7.15. The molecule has 0 radical (unpaired) electrons. The van der Waals surface area contributed by atoms with E-state index in [-0.39, 0.29) is 42.0 Å². The Balaban J connectivity index is 0.00000364. The number of guanidine groups is 1. The number of hydrogen-bond donors (Lipinski definition) is 4. The lowest BCUT2D eigenvalue weighted by Gasteiger charge is -2.21. The molecule has 0 saturated heterocycles. The number of aromatic nitrogens is 4. The Morgan fingerprint density at radius 1 is 1.22 bits per heavy atom. The number of aliphatic imine (C=N–C) groups is 1. The topological polar surface area (TPSA) is 121 Å². The standard InChI is InChI=1S/C16H27N9O.HI/c1-16(2,3)24-12(26)9-20-15(17-4)19-7-6-18-13-11-8-23-25(5)14(11)22-10-21-13;/h8,10H,6-7,9H2,1-5H3,(H,24,26)(H2,17,19,20)(H,18,21,22);1H. The normalized spacial score (nSPS) is 11.7. The zero-order valence-corrected chi connectivity index (χ0v) is 18.7. The summed E-state index contributed by atoms with van der Waals surface area (Å²) in [5.41, 5.74) is 0.521. The number of fused-ring (bicyclic) bond motifs is 1. The van der Waals surface area contributed by atoms with Crippen LogP contribution >= 0.6 is 24.0 Å². The zero-order chi connectivity index (χ0) is 19.2. The van der Waals surface area contributed by atoms with E-state index in [1.54, 1.807) is 17.9 Å². The number of anilines is 1. The highest BCUT2D eigenvalue weighted by atomic mass is 127. The molecule has 0 spiro atoms. The van der Waals surface area contributed by atoms with Gasteiger partial charge in [-0.3, -0.25) is 14.5 Å². The van der Waals surface area contributed by atoms with Gasteiger partial charge in [-0.05, 0) is 20.8 Å². The first-order chi connectivity index (χ1) is 12.3. The average Bonchev–Trinajstić information content (AvgIpc) is 2.95. The van der Waals surface area contributed by atoms with E-state index in [1.165, 1.54) is 6.33 Å². The number of carbonyl (C=O) groups is 1. The van der Waals surface area contributed by atoms with Crippen LogP contribution in [-0.4, -0.2) is 63.8 Å². The van der Waals surface area contributed by atoms with Crippen LogP contribution in [0.3, 0.4) is 0 Å². The third-order valence-electron chi connectivity index (χ3n) is 3.39. The second-order valence-corrected chi connectivity index (χ2v) is 6.81. The van der Waals surface area contributed by atoms with Crippen molar-refractivity contribution in [1.29, 1.82) is 0 Å². The Hall–Kier alpha value is -2.18. The molecular weight excluding hydrogens is 461 g/mol. The van der Waals surface area contributed by atoms with Gasteiger partial charge >= 0.3 is 0 Å². The molecule has 0 fully saturated rings. The van der Waals surface area contributed by atoms with Crippen molar-refractivity contribution in [2.24, 2.45) is 12.0 Å². The number of nitrogens with zero attached hydrogens (tertiary/aromatic N) is 5. The molecule has 0 atom stereocenters. The first kappa shape index (κ1) is 22.9. The molecule has 0 unspecified atom stereocenters. The van der Waals surface area contributed by atoms with Crippen molar-refractivity contribution in [1.82, 2.24) is 35.7 Å². The molecule has 0 aromatic carbocycles. The number of rotatable bonds is 6. The quantitative estimate of drug-likeness (QED) is 0.202. The van der Waals surface area contributed by atoms with Gasteiger partial charge in [0.25, 0.3) is 0 Å². The Labute approximate surface area is 176 Å². The molecule has 0 saturated carbocycles. The van der Waals surface area contributed by atoms with Crippen LogP contribution in [0.25, 0.3) is 11.0 Å². The van der Waals surface area contributed by atoms with Gasteiger partial charge in [-0.1, -0.05) is 0 Å². The summed E-state index contributed by atoms with van der Waals surface area (Å²) in [5.74, 6) is 1.21. The van der Waals surface area contributed by atoms with E-state index in [0.29, 0.717) is 19.0 Å². The fraction of sp³-hybridized carbons (Fsp3) is 0.562. The second kappa shape index (κ2) is 10.2. The van der Waals surface area contributed by atoms with E-state index in [1.807, 2.05) is 27.8 Å². The number of hydrogen-bond acceptors (Lipinski definition) is 6. The predicted octanol–water partition coefficient (Wildman–Crippen LogP) is 0.473. The summed E-state index contributed by atoms with van der Waals surface area (Å²) in [6, 6.07) is 0. The van der Waals surface area contributed by atoms with Crippen molar-refractivity contribution in [2.45, 2.75) is 26.3 Å². The molecule has 0 bridgehead atoms. The Kier molecular flexibility index (Phi) is 8.66. The maximum atomic E-state index is 11.8. The number of nitrogens with one attached hydrogen (secondary N) is 4. The molecule has 2 aromatic heterocycles. The minimum Gasteiger partial charge on any atom is -0.368 e. The largest absolute Gasteiger partial charge is 0.368 e. The van der Waals surface area contributed by atoms with E-state index in [9.17, 15) is 4.79 Å². The highest BCUT2D eigenvalue weighted by Gasteiger charge is 2.13. The van der Waals surface area contributed by atoms with E-state index < -0.39 is 0 Å². The molecule has 2 rings (SSSR count). The van der Waals surface area contributed by atoms with Gasteiger partial charge in [0.05, 0.1) is 18.1 Å². The van der Waals surface area contributed by atoms with Crippen LogP contribution in [0.5, 0.6) is 0 Å². The number of carbonyl (C=O) groups excluding carboxylic acids is 1. The van der Waals surface area contributed by atoms with Crippen molar-refractivity contribution in [3.8, 4) is 0 Å². The lowest BCUT2D eigenvalue weighted by Crippen LogP contribution is -2.48. The summed E-state index contributed by atoms with van der Waals surface area (Å²) >= 11 is 0. The van der Waals surface area contributed by atoms with Crippen LogP contribution in [0.2, 0.25) is 0 Å². The summed E-state index contributed by atoms with van der Waals surface area (Å²) in [4.78, 5) is 24.4. The van der Waals surface area contributed by atoms with Gasteiger partial charge < -0.3 is 21.3 Å². The third-order valence-corrected chi connectivity index (χ3v) is 3.39. The van der Waals surface area contributed by atoms with Crippen molar-refractivity contribution >= 4 is 52.7 Å². The van der Waals surface area contributed by atoms with E-state index >= 15 is 0 Å². The highest BCUT2D eigenvalue weighted by molar-refractivity contribution is 14.0. The van der Waals surface area contributed by atoms with E-state index in [0.717, 1.165) is 16.9 Å². The highest BCUT2D eigenvalue weighted by Crippen LogP contribution is 2.16. The van der Waals surface area contributed by atoms with Crippen LogP contribution in [0.4, 0.5) is 5.82 Å². The first-order valence-corrected chi connectivity index (χ1v) is 8.42. The predicted molar refractivity (Wildman–Crippen MR) is 117 cm³/mol. The molecule has 0 aliphatic heterocycles. The Bertz CT molecular complexity index is 782. The summed E-state index contributed by atoms with van der Waals surface area (Å²) in [6.07, 6.45) is 3.24. The van der Waals surface area contributed by atoms with Gasteiger partial charge in [-0.2, -0.15) is 5.10 Å². The number of amides is 1. The van der Waals surface area contributed by atoms with Crippen LogP contribution < -0.4 is 21.3 Å². The van der Waals surface area contributed by atoms with E-state index in [2.05, 4.69) is 41.3 Å². The van der Waals surface area contributed by atoms with Gasteiger partial charge in [-0.15, -0.1) is 24.0 Å². The van der Waals surface area contributed by atoms with Crippen molar-refractivity contribution in [3.05, 3.63) is 12.5 Å². The maximum Gasteiger partial charge on any atom is 0.239 e.